The third-order valence-electron chi connectivity index (χ3n) is 2.11. The van der Waals surface area contributed by atoms with Crippen molar-refractivity contribution in [3.05, 3.63) is 12.3 Å². The third-order valence-corrected chi connectivity index (χ3v) is 2.11. The SMILES string of the molecule is [2H]c1nnc(CCN2CCOCC2)o1. The van der Waals surface area contributed by atoms with Crippen molar-refractivity contribution in [2.24, 2.45) is 0 Å². The Morgan fingerprint density at radius 3 is 3.08 bits per heavy atom. The molecule has 5 heteroatoms. The number of morpholine rings is 1. The molecule has 0 bridgehead atoms. The summed E-state index contributed by atoms with van der Waals surface area (Å²) in [6.07, 6.45) is 0.605. The van der Waals surface area contributed by atoms with Crippen LogP contribution in [0.4, 0.5) is 0 Å². The predicted molar refractivity (Wildman–Crippen MR) is 45.3 cm³/mol. The first-order chi connectivity index (χ1) is 6.84. The first-order valence-electron chi connectivity index (χ1n) is 4.94. The van der Waals surface area contributed by atoms with Crippen molar-refractivity contribution in [3.8, 4) is 0 Å². The Morgan fingerprint density at radius 1 is 1.54 bits per heavy atom. The fourth-order valence-corrected chi connectivity index (χ4v) is 1.35. The maximum Gasteiger partial charge on any atom is 0.217 e. The van der Waals surface area contributed by atoms with Gasteiger partial charge in [0.2, 0.25) is 12.3 Å². The second-order valence-corrected chi connectivity index (χ2v) is 2.99. The van der Waals surface area contributed by atoms with E-state index in [1.807, 2.05) is 0 Å². The smallest absolute Gasteiger partial charge is 0.217 e. The fraction of sp³-hybridized carbons (Fsp3) is 0.750. The van der Waals surface area contributed by atoms with Crippen LogP contribution in [0, 0.1) is 0 Å². The molecular weight excluding hydrogens is 170 g/mol. The number of hydrogen-bond acceptors (Lipinski definition) is 5. The van der Waals surface area contributed by atoms with Crippen molar-refractivity contribution >= 4 is 0 Å². The van der Waals surface area contributed by atoms with E-state index in [9.17, 15) is 0 Å². The van der Waals surface area contributed by atoms with E-state index in [1.165, 1.54) is 0 Å². The molecule has 0 N–H and O–H groups in total. The van der Waals surface area contributed by atoms with Crippen LogP contribution in [0.2, 0.25) is 0 Å². The minimum Gasteiger partial charge on any atom is -0.428 e. The normalized spacial score (nSPS) is 20.2. The third kappa shape index (κ3) is 2.50. The average Bonchev–Trinajstić information content (AvgIpc) is 2.63. The average molecular weight is 184 g/mol. The summed E-state index contributed by atoms with van der Waals surface area (Å²) < 4.78 is 17.3. The summed E-state index contributed by atoms with van der Waals surface area (Å²) in [4.78, 5) is 2.29. The second-order valence-electron chi connectivity index (χ2n) is 2.99. The number of hydrogen-bond donors (Lipinski definition) is 0. The van der Waals surface area contributed by atoms with Crippen LogP contribution in [0.25, 0.3) is 0 Å². The second kappa shape index (κ2) is 4.34. The zero-order chi connectivity index (χ0) is 9.80. The molecule has 5 nitrogen and oxygen atoms in total. The fourth-order valence-electron chi connectivity index (χ4n) is 1.35. The Hall–Kier alpha value is -0.940. The first kappa shape index (κ1) is 7.46. The van der Waals surface area contributed by atoms with Crippen molar-refractivity contribution in [1.29, 1.82) is 0 Å². The van der Waals surface area contributed by atoms with Gasteiger partial charge in [-0.05, 0) is 0 Å². The van der Waals surface area contributed by atoms with Crippen molar-refractivity contribution in [1.82, 2.24) is 15.1 Å². The van der Waals surface area contributed by atoms with Gasteiger partial charge in [0.25, 0.3) is 0 Å². The Bertz CT molecular complexity index is 286. The quantitative estimate of drug-likeness (QED) is 0.659. The van der Waals surface area contributed by atoms with Crippen LogP contribution in [0.1, 0.15) is 7.26 Å². The van der Waals surface area contributed by atoms with E-state index >= 15 is 0 Å². The van der Waals surface area contributed by atoms with Gasteiger partial charge in [0, 0.05) is 26.1 Å². The van der Waals surface area contributed by atoms with Crippen molar-refractivity contribution < 1.29 is 10.5 Å². The van der Waals surface area contributed by atoms with Gasteiger partial charge in [-0.25, -0.2) is 0 Å². The van der Waals surface area contributed by atoms with Gasteiger partial charge in [0.15, 0.2) is 0 Å². The van der Waals surface area contributed by atoms with E-state index < -0.39 is 0 Å². The summed E-state index contributed by atoms with van der Waals surface area (Å²) >= 11 is 0. The molecule has 1 fully saturated rings. The van der Waals surface area contributed by atoms with Crippen molar-refractivity contribution in [2.45, 2.75) is 6.42 Å². The molecule has 0 radical (unpaired) electrons. The Kier molecular flexibility index (Phi) is 2.49. The largest absolute Gasteiger partial charge is 0.428 e. The molecule has 0 unspecified atom stereocenters. The number of nitrogens with zero attached hydrogens (tertiary/aromatic N) is 3. The van der Waals surface area contributed by atoms with Gasteiger partial charge in [0.1, 0.15) is 1.37 Å². The highest BCUT2D eigenvalue weighted by Crippen LogP contribution is 2.00. The van der Waals surface area contributed by atoms with Gasteiger partial charge in [0.05, 0.1) is 13.2 Å². The van der Waals surface area contributed by atoms with Crippen LogP contribution < -0.4 is 0 Å². The minimum atomic E-state index is -0.109. The van der Waals surface area contributed by atoms with Gasteiger partial charge < -0.3 is 9.15 Å². The first-order valence-corrected chi connectivity index (χ1v) is 4.44. The van der Waals surface area contributed by atoms with Gasteiger partial charge >= 0.3 is 0 Å². The summed E-state index contributed by atoms with van der Waals surface area (Å²) in [7, 11) is 0. The molecule has 13 heavy (non-hydrogen) atoms. The summed E-state index contributed by atoms with van der Waals surface area (Å²) in [6.45, 7) is 4.41. The topological polar surface area (TPSA) is 51.4 Å². The van der Waals surface area contributed by atoms with Gasteiger partial charge in [-0.2, -0.15) is 0 Å². The summed E-state index contributed by atoms with van der Waals surface area (Å²) in [5.41, 5.74) is 0. The Labute approximate surface area is 78.1 Å². The zero-order valence-corrected chi connectivity index (χ0v) is 7.40. The van der Waals surface area contributed by atoms with E-state index in [0.717, 1.165) is 32.8 Å². The maximum atomic E-state index is 7.06. The highest BCUT2D eigenvalue weighted by molar-refractivity contribution is 4.75. The monoisotopic (exact) mass is 184 g/mol. The molecule has 1 aliphatic rings. The number of rotatable bonds is 3. The minimum absolute atomic E-state index is 0.109. The van der Waals surface area contributed by atoms with E-state index in [-0.39, 0.29) is 6.37 Å². The summed E-state index contributed by atoms with van der Waals surface area (Å²) in [5, 5.41) is 7.23. The standard InChI is InChI=1S/C8H13N3O2/c1(8-10-9-7-13-8)2-11-3-5-12-6-4-11/h7H,1-6H2/i7D. The van der Waals surface area contributed by atoms with Crippen LogP contribution in [-0.4, -0.2) is 47.9 Å². The molecule has 2 heterocycles. The molecule has 1 aromatic heterocycles. The molecule has 1 aromatic rings. The lowest BCUT2D eigenvalue weighted by molar-refractivity contribution is 0.0377. The van der Waals surface area contributed by atoms with Crippen molar-refractivity contribution in [3.63, 3.8) is 0 Å². The van der Waals surface area contributed by atoms with E-state index in [2.05, 4.69) is 15.1 Å². The Morgan fingerprint density at radius 2 is 2.38 bits per heavy atom. The number of ether oxygens (including phenoxy) is 1. The van der Waals surface area contributed by atoms with Crippen LogP contribution >= 0.6 is 0 Å². The summed E-state index contributed by atoms with van der Waals surface area (Å²) in [6, 6.07) is 0. The molecule has 2 rings (SSSR count). The van der Waals surface area contributed by atoms with Crippen LogP contribution in [0.15, 0.2) is 10.8 Å². The molecule has 0 aliphatic carbocycles. The van der Waals surface area contributed by atoms with E-state index in [4.69, 9.17) is 10.5 Å². The highest BCUT2D eigenvalue weighted by Gasteiger charge is 2.10. The zero-order valence-electron chi connectivity index (χ0n) is 8.40. The number of aromatic nitrogens is 2. The molecule has 1 saturated heterocycles. The lowest BCUT2D eigenvalue weighted by atomic mass is 10.3. The van der Waals surface area contributed by atoms with Crippen LogP contribution in [0.3, 0.4) is 0 Å². The van der Waals surface area contributed by atoms with Gasteiger partial charge in [-0.3, -0.25) is 4.90 Å². The molecule has 0 saturated carbocycles. The molecule has 72 valence electrons. The lowest BCUT2D eigenvalue weighted by Gasteiger charge is -2.25. The molecule has 0 spiro atoms. The summed E-state index contributed by atoms with van der Waals surface area (Å²) in [5.74, 6) is 0.543. The molecule has 0 aromatic carbocycles. The van der Waals surface area contributed by atoms with Gasteiger partial charge in [-0.15, -0.1) is 10.2 Å². The Balaban J connectivity index is 1.76. The van der Waals surface area contributed by atoms with E-state index in [1.54, 1.807) is 0 Å². The van der Waals surface area contributed by atoms with Crippen molar-refractivity contribution in [2.75, 3.05) is 32.8 Å². The molecule has 1 aliphatic heterocycles. The molecular formula is C8H13N3O2. The molecule has 0 atom stereocenters. The van der Waals surface area contributed by atoms with E-state index in [0.29, 0.717) is 12.3 Å². The van der Waals surface area contributed by atoms with Gasteiger partial charge in [-0.1, -0.05) is 0 Å². The molecule has 0 amide bonds. The van der Waals surface area contributed by atoms with Crippen LogP contribution in [0.5, 0.6) is 0 Å². The maximum absolute atomic E-state index is 7.06. The predicted octanol–water partition coefficient (Wildman–Crippen LogP) is -0.0557. The lowest BCUT2D eigenvalue weighted by Crippen LogP contribution is -2.37. The highest BCUT2D eigenvalue weighted by atomic mass is 16.5. The van der Waals surface area contributed by atoms with Crippen LogP contribution in [-0.2, 0) is 11.2 Å².